The van der Waals surface area contributed by atoms with Crippen LogP contribution in [0.3, 0.4) is 0 Å². The van der Waals surface area contributed by atoms with Gasteiger partial charge in [-0.15, -0.1) is 11.3 Å². The maximum absolute atomic E-state index is 13.4. The molecule has 0 bridgehead atoms. The largest absolute Gasteiger partial charge is 0.245 e. The van der Waals surface area contributed by atoms with Crippen LogP contribution < -0.4 is 0 Å². The topological polar surface area (TPSA) is 47.0 Å². The van der Waals surface area contributed by atoms with Crippen molar-refractivity contribution in [1.82, 2.24) is 4.98 Å². The fourth-order valence-electron chi connectivity index (χ4n) is 2.88. The zero-order valence-electron chi connectivity index (χ0n) is 13.8. The first kappa shape index (κ1) is 17.2. The number of pyridine rings is 1. The SMILES string of the molecule is Cc1cccc(S(=O)(=O)c2sc3ncccc3c2-c2ccc(Cl)cc2)c1. The van der Waals surface area contributed by atoms with Gasteiger partial charge in [0.1, 0.15) is 9.04 Å². The van der Waals surface area contributed by atoms with Crippen LogP contribution in [0, 0.1) is 6.92 Å². The van der Waals surface area contributed by atoms with E-state index < -0.39 is 9.84 Å². The molecule has 0 aliphatic rings. The minimum atomic E-state index is -3.67. The number of nitrogens with zero attached hydrogens (tertiary/aromatic N) is 1. The van der Waals surface area contributed by atoms with Crippen LogP contribution in [0.25, 0.3) is 21.3 Å². The second kappa shape index (κ2) is 6.50. The molecule has 130 valence electrons. The van der Waals surface area contributed by atoms with Crippen LogP contribution in [0.1, 0.15) is 5.56 Å². The summed E-state index contributed by atoms with van der Waals surface area (Å²) in [6.07, 6.45) is 1.67. The van der Waals surface area contributed by atoms with Gasteiger partial charge in [-0.25, -0.2) is 13.4 Å². The number of halogens is 1. The third kappa shape index (κ3) is 2.92. The van der Waals surface area contributed by atoms with Gasteiger partial charge in [0.2, 0.25) is 9.84 Å². The normalized spacial score (nSPS) is 11.8. The molecule has 4 aromatic rings. The van der Waals surface area contributed by atoms with E-state index in [9.17, 15) is 8.42 Å². The van der Waals surface area contributed by atoms with Crippen molar-refractivity contribution in [3.05, 3.63) is 77.4 Å². The van der Waals surface area contributed by atoms with Crippen molar-refractivity contribution in [2.75, 3.05) is 0 Å². The number of thiophene rings is 1. The molecule has 0 unspecified atom stereocenters. The Hall–Kier alpha value is -2.21. The van der Waals surface area contributed by atoms with Crippen LogP contribution >= 0.6 is 22.9 Å². The van der Waals surface area contributed by atoms with Gasteiger partial charge in [-0.2, -0.15) is 0 Å². The van der Waals surface area contributed by atoms with Crippen LogP contribution in [0.4, 0.5) is 0 Å². The van der Waals surface area contributed by atoms with Crippen molar-refractivity contribution in [2.24, 2.45) is 0 Å². The second-order valence-corrected chi connectivity index (χ2v) is 9.53. The summed E-state index contributed by atoms with van der Waals surface area (Å²) in [5.74, 6) is 0. The molecule has 3 nitrogen and oxygen atoms in total. The van der Waals surface area contributed by atoms with Gasteiger partial charge in [0.15, 0.2) is 0 Å². The first-order valence-corrected chi connectivity index (χ1v) is 10.6. The number of aromatic nitrogens is 1. The molecule has 0 N–H and O–H groups in total. The highest BCUT2D eigenvalue weighted by Crippen LogP contribution is 2.43. The number of fused-ring (bicyclic) bond motifs is 1. The Morgan fingerprint density at radius 2 is 1.77 bits per heavy atom. The molecule has 2 heterocycles. The third-order valence-electron chi connectivity index (χ3n) is 4.11. The first-order valence-electron chi connectivity index (χ1n) is 7.92. The maximum atomic E-state index is 13.4. The van der Waals surface area contributed by atoms with E-state index in [0.29, 0.717) is 24.5 Å². The number of hydrogen-bond acceptors (Lipinski definition) is 4. The van der Waals surface area contributed by atoms with E-state index in [-0.39, 0.29) is 0 Å². The fourth-order valence-corrected chi connectivity index (χ4v) is 6.18. The average Bonchev–Trinajstić information content (AvgIpc) is 3.03. The summed E-state index contributed by atoms with van der Waals surface area (Å²) in [5.41, 5.74) is 2.38. The zero-order valence-corrected chi connectivity index (χ0v) is 16.2. The first-order chi connectivity index (χ1) is 12.5. The average molecular weight is 400 g/mol. The number of aryl methyl sites for hydroxylation is 1. The summed E-state index contributed by atoms with van der Waals surface area (Å²) in [7, 11) is -3.67. The summed E-state index contributed by atoms with van der Waals surface area (Å²) in [6.45, 7) is 1.88. The summed E-state index contributed by atoms with van der Waals surface area (Å²) in [5, 5.41) is 1.43. The molecule has 0 aliphatic heterocycles. The molecule has 2 aromatic carbocycles. The Bertz CT molecular complexity index is 1210. The fraction of sp³-hybridized carbons (Fsp3) is 0.0500. The molecule has 0 fully saturated rings. The lowest BCUT2D eigenvalue weighted by Crippen LogP contribution is -2.01. The maximum Gasteiger partial charge on any atom is 0.216 e. The molecule has 26 heavy (non-hydrogen) atoms. The minimum absolute atomic E-state index is 0.291. The monoisotopic (exact) mass is 399 g/mol. The van der Waals surface area contributed by atoms with Crippen molar-refractivity contribution >= 4 is 43.0 Å². The Morgan fingerprint density at radius 3 is 2.50 bits per heavy atom. The van der Waals surface area contributed by atoms with Gasteiger partial charge in [-0.1, -0.05) is 35.9 Å². The van der Waals surface area contributed by atoms with Crippen molar-refractivity contribution < 1.29 is 8.42 Å². The van der Waals surface area contributed by atoms with Crippen LogP contribution in [0.2, 0.25) is 5.02 Å². The summed E-state index contributed by atoms with van der Waals surface area (Å²) >= 11 is 7.20. The van der Waals surface area contributed by atoms with E-state index in [1.165, 1.54) is 11.3 Å². The highest BCUT2D eigenvalue weighted by Gasteiger charge is 2.27. The van der Waals surface area contributed by atoms with E-state index in [4.69, 9.17) is 11.6 Å². The molecule has 0 atom stereocenters. The zero-order chi connectivity index (χ0) is 18.3. The molecule has 4 rings (SSSR count). The molecular formula is C20H14ClNO2S2. The van der Waals surface area contributed by atoms with E-state index in [0.717, 1.165) is 16.5 Å². The molecule has 0 saturated carbocycles. The van der Waals surface area contributed by atoms with Gasteiger partial charge in [-0.3, -0.25) is 0 Å². The number of sulfone groups is 1. The smallest absolute Gasteiger partial charge is 0.216 e. The van der Waals surface area contributed by atoms with Crippen molar-refractivity contribution in [1.29, 1.82) is 0 Å². The molecular weight excluding hydrogens is 386 g/mol. The van der Waals surface area contributed by atoms with Gasteiger partial charge < -0.3 is 0 Å². The van der Waals surface area contributed by atoms with E-state index >= 15 is 0 Å². The number of hydrogen-bond donors (Lipinski definition) is 0. The van der Waals surface area contributed by atoms with E-state index in [1.807, 2.05) is 37.3 Å². The molecule has 2 aromatic heterocycles. The molecule has 0 saturated heterocycles. The van der Waals surface area contributed by atoms with Crippen LogP contribution in [-0.2, 0) is 9.84 Å². The molecule has 0 amide bonds. The molecule has 0 radical (unpaired) electrons. The predicted molar refractivity (Wildman–Crippen MR) is 107 cm³/mol. The summed E-state index contributed by atoms with van der Waals surface area (Å²) in [4.78, 5) is 5.35. The predicted octanol–water partition coefficient (Wildman–Crippen LogP) is 5.76. The Morgan fingerprint density at radius 1 is 1.00 bits per heavy atom. The van der Waals surface area contributed by atoms with Crippen molar-refractivity contribution in [3.63, 3.8) is 0 Å². The Labute approximate surface area is 160 Å². The van der Waals surface area contributed by atoms with Gasteiger partial charge in [-0.05, 0) is 54.4 Å². The number of rotatable bonds is 3. The third-order valence-corrected chi connectivity index (χ3v) is 7.75. The Balaban J connectivity index is 2.04. The highest BCUT2D eigenvalue weighted by molar-refractivity contribution is 7.93. The standard InChI is InChI=1S/C20H14ClNO2S2/c1-13-4-2-5-16(12-13)26(23,24)20-18(14-7-9-15(21)10-8-14)17-6-3-11-22-19(17)25-20/h2-12H,1H3. The lowest BCUT2D eigenvalue weighted by molar-refractivity contribution is 0.598. The van der Waals surface area contributed by atoms with Crippen LogP contribution in [-0.4, -0.2) is 13.4 Å². The lowest BCUT2D eigenvalue weighted by atomic mass is 10.1. The minimum Gasteiger partial charge on any atom is -0.245 e. The van der Waals surface area contributed by atoms with E-state index in [2.05, 4.69) is 4.98 Å². The quantitative estimate of drug-likeness (QED) is 0.440. The van der Waals surface area contributed by atoms with Crippen LogP contribution in [0.15, 0.2) is 76.0 Å². The summed E-state index contributed by atoms with van der Waals surface area (Å²) in [6, 6.07) is 17.9. The van der Waals surface area contributed by atoms with Crippen LogP contribution in [0.5, 0.6) is 0 Å². The highest BCUT2D eigenvalue weighted by atomic mass is 35.5. The van der Waals surface area contributed by atoms with Gasteiger partial charge in [0, 0.05) is 22.2 Å². The molecule has 0 aliphatic carbocycles. The van der Waals surface area contributed by atoms with Crippen molar-refractivity contribution in [2.45, 2.75) is 16.0 Å². The molecule has 0 spiro atoms. The number of benzene rings is 2. The van der Waals surface area contributed by atoms with Crippen molar-refractivity contribution in [3.8, 4) is 11.1 Å². The second-order valence-electron chi connectivity index (χ2n) is 5.95. The lowest BCUT2D eigenvalue weighted by Gasteiger charge is -2.08. The van der Waals surface area contributed by atoms with Gasteiger partial charge >= 0.3 is 0 Å². The van der Waals surface area contributed by atoms with Gasteiger partial charge in [0.05, 0.1) is 4.90 Å². The summed E-state index contributed by atoms with van der Waals surface area (Å²) < 4.78 is 27.1. The molecule has 6 heteroatoms. The van der Waals surface area contributed by atoms with Gasteiger partial charge in [0.25, 0.3) is 0 Å². The Kier molecular flexibility index (Phi) is 4.31. The van der Waals surface area contributed by atoms with E-state index in [1.54, 1.807) is 36.5 Å².